The monoisotopic (exact) mass is 238 g/mol. The number of nitrogens with one attached hydrogen (secondary N) is 2. The lowest BCUT2D eigenvalue weighted by atomic mass is 10.1. The Labute approximate surface area is 101 Å². The number of hydrogen-bond acceptors (Lipinski definition) is 5. The van der Waals surface area contributed by atoms with Crippen molar-refractivity contribution in [2.45, 2.75) is 44.6 Å². The van der Waals surface area contributed by atoms with Crippen LogP contribution in [-0.4, -0.2) is 21.8 Å². The van der Waals surface area contributed by atoms with E-state index in [1.165, 1.54) is 5.56 Å². The smallest absolute Gasteiger partial charge is 0.189 e. The van der Waals surface area contributed by atoms with E-state index in [2.05, 4.69) is 41.4 Å². The number of thioether (sulfide) groups is 1. The molecule has 0 bridgehead atoms. The molecule has 0 atom stereocenters. The van der Waals surface area contributed by atoms with Gasteiger partial charge in [-0.25, -0.2) is 9.97 Å². The number of aromatic nitrogens is 2. The highest BCUT2D eigenvalue weighted by Gasteiger charge is 2.21. The topological polar surface area (TPSA) is 49.8 Å². The van der Waals surface area contributed by atoms with Crippen LogP contribution in [0.4, 0.5) is 5.82 Å². The molecule has 0 saturated carbocycles. The second-order valence-electron chi connectivity index (χ2n) is 4.96. The van der Waals surface area contributed by atoms with Gasteiger partial charge in [0.2, 0.25) is 0 Å². The Bertz CT molecular complexity index is 398. The Morgan fingerprint density at radius 3 is 2.62 bits per heavy atom. The third-order valence-electron chi connectivity index (χ3n) is 2.34. The van der Waals surface area contributed by atoms with Crippen LogP contribution in [0.5, 0.6) is 0 Å². The molecule has 0 aliphatic carbocycles. The van der Waals surface area contributed by atoms with E-state index in [1.54, 1.807) is 11.8 Å². The number of fused-ring (bicyclic) bond motifs is 1. The summed E-state index contributed by atoms with van der Waals surface area (Å²) >= 11 is 1.58. The molecule has 0 spiro atoms. The first-order valence-electron chi connectivity index (χ1n) is 5.42. The maximum Gasteiger partial charge on any atom is 0.189 e. The van der Waals surface area contributed by atoms with Gasteiger partial charge in [0.25, 0.3) is 0 Å². The quantitative estimate of drug-likeness (QED) is 0.610. The third-order valence-corrected chi connectivity index (χ3v) is 2.89. The summed E-state index contributed by atoms with van der Waals surface area (Å²) in [5, 5.41) is 7.61. The largest absolute Gasteiger partial charge is 0.365 e. The Morgan fingerprint density at radius 1 is 1.25 bits per heavy atom. The van der Waals surface area contributed by atoms with Gasteiger partial charge in [-0.2, -0.15) is 0 Å². The Hall–Kier alpha value is -0.810. The van der Waals surface area contributed by atoms with Crippen molar-refractivity contribution in [2.24, 2.45) is 0 Å². The van der Waals surface area contributed by atoms with Crippen molar-refractivity contribution in [3.8, 4) is 0 Å². The normalized spacial score (nSPS) is 15.0. The molecule has 88 valence electrons. The molecule has 1 aliphatic heterocycles. The van der Waals surface area contributed by atoms with Crippen molar-refractivity contribution < 1.29 is 0 Å². The minimum absolute atomic E-state index is 0.0282. The second-order valence-corrected chi connectivity index (χ2v) is 5.74. The van der Waals surface area contributed by atoms with Gasteiger partial charge in [0, 0.05) is 24.2 Å². The van der Waals surface area contributed by atoms with Crippen LogP contribution >= 0.6 is 11.8 Å². The SMILES string of the molecule is CSc1nc2c(c(NC(C)(C)C)n1)CNC2. The molecule has 1 aromatic heterocycles. The van der Waals surface area contributed by atoms with Crippen molar-refractivity contribution in [1.82, 2.24) is 15.3 Å². The van der Waals surface area contributed by atoms with E-state index in [4.69, 9.17) is 0 Å². The molecule has 5 heteroatoms. The fourth-order valence-electron chi connectivity index (χ4n) is 1.70. The van der Waals surface area contributed by atoms with Crippen molar-refractivity contribution >= 4 is 17.6 Å². The molecule has 0 fully saturated rings. The van der Waals surface area contributed by atoms with Crippen LogP contribution in [0.2, 0.25) is 0 Å². The van der Waals surface area contributed by atoms with E-state index in [9.17, 15) is 0 Å². The van der Waals surface area contributed by atoms with E-state index in [1.807, 2.05) is 6.26 Å². The highest BCUT2D eigenvalue weighted by Crippen LogP contribution is 2.26. The lowest BCUT2D eigenvalue weighted by molar-refractivity contribution is 0.626. The molecule has 2 heterocycles. The van der Waals surface area contributed by atoms with Gasteiger partial charge in [-0.1, -0.05) is 11.8 Å². The standard InChI is InChI=1S/C11H18N4S/c1-11(2,3)15-9-7-5-12-6-8(7)13-10(14-9)16-4/h12H,5-6H2,1-4H3,(H,13,14,15). The molecule has 0 amide bonds. The van der Waals surface area contributed by atoms with E-state index in [0.29, 0.717) is 0 Å². The first-order chi connectivity index (χ1) is 7.49. The average Bonchev–Trinajstić information content (AvgIpc) is 2.63. The third kappa shape index (κ3) is 2.47. The fourth-order valence-corrected chi connectivity index (χ4v) is 2.08. The van der Waals surface area contributed by atoms with Crippen molar-refractivity contribution in [3.63, 3.8) is 0 Å². The highest BCUT2D eigenvalue weighted by molar-refractivity contribution is 7.98. The molecule has 0 saturated heterocycles. The Morgan fingerprint density at radius 2 is 2.00 bits per heavy atom. The minimum atomic E-state index is 0.0282. The number of hydrogen-bond donors (Lipinski definition) is 2. The predicted octanol–water partition coefficient (Wildman–Crippen LogP) is 2.01. The van der Waals surface area contributed by atoms with Gasteiger partial charge >= 0.3 is 0 Å². The summed E-state index contributed by atoms with van der Waals surface area (Å²) in [6.45, 7) is 8.14. The van der Waals surface area contributed by atoms with Crippen molar-refractivity contribution in [3.05, 3.63) is 11.3 Å². The van der Waals surface area contributed by atoms with Crippen LogP contribution in [0.25, 0.3) is 0 Å². The minimum Gasteiger partial charge on any atom is -0.365 e. The van der Waals surface area contributed by atoms with Gasteiger partial charge < -0.3 is 10.6 Å². The van der Waals surface area contributed by atoms with Crippen LogP contribution in [0.1, 0.15) is 32.0 Å². The van der Waals surface area contributed by atoms with E-state index < -0.39 is 0 Å². The van der Waals surface area contributed by atoms with Crippen LogP contribution in [0.3, 0.4) is 0 Å². The molecule has 1 aromatic rings. The molecule has 0 aromatic carbocycles. The zero-order valence-electron chi connectivity index (χ0n) is 10.2. The first kappa shape index (κ1) is 11.7. The van der Waals surface area contributed by atoms with Gasteiger partial charge in [-0.05, 0) is 27.0 Å². The lowest BCUT2D eigenvalue weighted by Gasteiger charge is -2.23. The molecule has 4 nitrogen and oxygen atoms in total. The summed E-state index contributed by atoms with van der Waals surface area (Å²) < 4.78 is 0. The highest BCUT2D eigenvalue weighted by atomic mass is 32.2. The molecule has 0 radical (unpaired) electrons. The lowest BCUT2D eigenvalue weighted by Crippen LogP contribution is -2.27. The van der Waals surface area contributed by atoms with Crippen LogP contribution < -0.4 is 10.6 Å². The van der Waals surface area contributed by atoms with E-state index in [0.717, 1.165) is 29.8 Å². The predicted molar refractivity (Wildman–Crippen MR) is 67.7 cm³/mol. The summed E-state index contributed by atoms with van der Waals surface area (Å²) in [5.41, 5.74) is 2.37. The van der Waals surface area contributed by atoms with Crippen LogP contribution in [-0.2, 0) is 13.1 Å². The Kier molecular flexibility index (Phi) is 3.08. The van der Waals surface area contributed by atoms with Gasteiger partial charge in [0.1, 0.15) is 5.82 Å². The molecule has 0 unspecified atom stereocenters. The van der Waals surface area contributed by atoms with Crippen LogP contribution in [0, 0.1) is 0 Å². The van der Waals surface area contributed by atoms with Gasteiger partial charge in [0.15, 0.2) is 5.16 Å². The first-order valence-corrected chi connectivity index (χ1v) is 6.65. The maximum absolute atomic E-state index is 4.55. The van der Waals surface area contributed by atoms with Crippen molar-refractivity contribution in [2.75, 3.05) is 11.6 Å². The summed E-state index contributed by atoms with van der Waals surface area (Å²) in [7, 11) is 0. The number of nitrogens with zero attached hydrogens (tertiary/aromatic N) is 2. The molecule has 1 aliphatic rings. The molecular weight excluding hydrogens is 220 g/mol. The average molecular weight is 238 g/mol. The van der Waals surface area contributed by atoms with Gasteiger partial charge in [0.05, 0.1) is 5.69 Å². The molecular formula is C11H18N4S. The Balaban J connectivity index is 2.39. The molecule has 2 rings (SSSR count). The number of anilines is 1. The van der Waals surface area contributed by atoms with Crippen molar-refractivity contribution in [1.29, 1.82) is 0 Å². The number of rotatable bonds is 2. The van der Waals surface area contributed by atoms with E-state index in [-0.39, 0.29) is 5.54 Å². The summed E-state index contributed by atoms with van der Waals surface area (Å²) in [6, 6.07) is 0. The second kappa shape index (κ2) is 4.22. The van der Waals surface area contributed by atoms with Gasteiger partial charge in [-0.15, -0.1) is 0 Å². The molecule has 16 heavy (non-hydrogen) atoms. The van der Waals surface area contributed by atoms with Crippen LogP contribution in [0.15, 0.2) is 5.16 Å². The summed E-state index contributed by atoms with van der Waals surface area (Å²) in [6.07, 6.45) is 2.00. The molecule has 2 N–H and O–H groups in total. The summed E-state index contributed by atoms with van der Waals surface area (Å²) in [5.74, 6) is 0.979. The van der Waals surface area contributed by atoms with E-state index >= 15 is 0 Å². The zero-order valence-corrected chi connectivity index (χ0v) is 11.0. The van der Waals surface area contributed by atoms with Gasteiger partial charge in [-0.3, -0.25) is 0 Å². The maximum atomic E-state index is 4.55. The fraction of sp³-hybridized carbons (Fsp3) is 0.636. The summed E-state index contributed by atoms with van der Waals surface area (Å²) in [4.78, 5) is 9.06. The zero-order chi connectivity index (χ0) is 11.8.